The van der Waals surface area contributed by atoms with Crippen molar-refractivity contribution < 1.29 is 9.32 Å². The van der Waals surface area contributed by atoms with Gasteiger partial charge >= 0.3 is 6.03 Å². The highest BCUT2D eigenvalue weighted by atomic mass is 16.5. The van der Waals surface area contributed by atoms with Crippen LogP contribution in [-0.4, -0.2) is 64.6 Å². The van der Waals surface area contributed by atoms with Crippen molar-refractivity contribution in [3.63, 3.8) is 0 Å². The van der Waals surface area contributed by atoms with Crippen molar-refractivity contribution in [2.24, 2.45) is 5.73 Å². The summed E-state index contributed by atoms with van der Waals surface area (Å²) in [5, 5.41) is 11.8. The van der Waals surface area contributed by atoms with Gasteiger partial charge in [0.05, 0.1) is 12.1 Å². The number of guanidine groups is 1. The van der Waals surface area contributed by atoms with Gasteiger partial charge in [0.15, 0.2) is 5.96 Å². The van der Waals surface area contributed by atoms with Gasteiger partial charge in [-0.05, 0) is 25.7 Å². The Hall–Kier alpha value is -2.25. The number of hydrogen-bond donors (Lipinski definition) is 2. The lowest BCUT2D eigenvalue weighted by Gasteiger charge is -2.31. The summed E-state index contributed by atoms with van der Waals surface area (Å²) in [6, 6.07) is 2.51. The van der Waals surface area contributed by atoms with Crippen molar-refractivity contribution in [2.45, 2.75) is 43.7 Å². The number of aromatic nitrogens is 1. The largest absolute Gasteiger partial charge is 0.370 e. The van der Waals surface area contributed by atoms with Gasteiger partial charge in [-0.25, -0.2) is 4.79 Å². The molecule has 3 fully saturated rings. The van der Waals surface area contributed by atoms with Crippen LogP contribution < -0.4 is 5.73 Å². The van der Waals surface area contributed by atoms with Crippen LogP contribution in [0.1, 0.15) is 49.1 Å². The molecule has 4 rings (SSSR count). The summed E-state index contributed by atoms with van der Waals surface area (Å²) < 4.78 is 5.62. The summed E-state index contributed by atoms with van der Waals surface area (Å²) in [5.41, 5.74) is 6.42. The third-order valence-corrected chi connectivity index (χ3v) is 5.78. The van der Waals surface area contributed by atoms with Crippen molar-refractivity contribution >= 4 is 12.0 Å². The lowest BCUT2D eigenvalue weighted by Crippen LogP contribution is -2.41. The molecule has 3 saturated heterocycles. The summed E-state index contributed by atoms with van der Waals surface area (Å²) >= 11 is 0. The number of carbonyl (C=O) groups is 1. The fourth-order valence-corrected chi connectivity index (χ4v) is 4.20. The first-order valence-electron chi connectivity index (χ1n) is 8.63. The van der Waals surface area contributed by atoms with Gasteiger partial charge in [-0.3, -0.25) is 5.41 Å². The van der Waals surface area contributed by atoms with Gasteiger partial charge in [0, 0.05) is 38.7 Å². The second-order valence-corrected chi connectivity index (χ2v) is 7.09. The first kappa shape index (κ1) is 15.3. The minimum absolute atomic E-state index is 0.0357. The fourth-order valence-electron chi connectivity index (χ4n) is 4.20. The van der Waals surface area contributed by atoms with E-state index in [-0.39, 0.29) is 18.0 Å². The number of urea groups is 1. The van der Waals surface area contributed by atoms with Crippen molar-refractivity contribution in [3.05, 3.63) is 17.5 Å². The molecule has 2 amide bonds. The molecule has 3 aliphatic rings. The Labute approximate surface area is 141 Å². The normalized spacial score (nSPS) is 27.9. The quantitative estimate of drug-likeness (QED) is 0.628. The van der Waals surface area contributed by atoms with Crippen LogP contribution in [-0.2, 0) is 0 Å². The molecule has 0 unspecified atom stereocenters. The molecule has 3 aliphatic heterocycles. The Morgan fingerprint density at radius 1 is 1.33 bits per heavy atom. The van der Waals surface area contributed by atoms with Crippen LogP contribution in [0, 0.1) is 5.41 Å². The molecule has 3 N–H and O–H groups in total. The molecule has 0 aliphatic carbocycles. The van der Waals surface area contributed by atoms with Crippen molar-refractivity contribution in [3.8, 4) is 0 Å². The van der Waals surface area contributed by atoms with E-state index >= 15 is 0 Å². The molecule has 1 aromatic heterocycles. The Morgan fingerprint density at radius 2 is 2.08 bits per heavy atom. The number of carbonyl (C=O) groups excluding carboxylic acids is 1. The van der Waals surface area contributed by atoms with Crippen LogP contribution in [0.3, 0.4) is 0 Å². The Kier molecular flexibility index (Phi) is 3.62. The van der Waals surface area contributed by atoms with Crippen LogP contribution >= 0.6 is 0 Å². The van der Waals surface area contributed by atoms with E-state index in [9.17, 15) is 4.79 Å². The predicted molar refractivity (Wildman–Crippen MR) is 87.6 cm³/mol. The molecule has 0 spiro atoms. The molecule has 8 nitrogen and oxygen atoms in total. The molecule has 0 radical (unpaired) electrons. The third-order valence-electron chi connectivity index (χ3n) is 5.78. The number of nitrogens with two attached hydrogens (primary N) is 1. The highest BCUT2D eigenvalue weighted by Gasteiger charge is 2.44. The van der Waals surface area contributed by atoms with Gasteiger partial charge in [0.25, 0.3) is 0 Å². The molecular weight excluding hydrogens is 308 g/mol. The van der Waals surface area contributed by atoms with E-state index in [0.717, 1.165) is 56.8 Å². The maximum atomic E-state index is 12.3. The maximum Gasteiger partial charge on any atom is 0.320 e. The first-order valence-corrected chi connectivity index (χ1v) is 8.63. The van der Waals surface area contributed by atoms with Crippen LogP contribution in [0.25, 0.3) is 0 Å². The average Bonchev–Trinajstić information content (AvgIpc) is 3.16. The Bertz CT molecular complexity index is 651. The maximum absolute atomic E-state index is 12.3. The van der Waals surface area contributed by atoms with Crippen molar-refractivity contribution in [2.75, 3.05) is 26.7 Å². The summed E-state index contributed by atoms with van der Waals surface area (Å²) in [6.45, 7) is 2.34. The van der Waals surface area contributed by atoms with E-state index in [1.54, 1.807) is 0 Å². The molecule has 2 atom stereocenters. The summed E-state index contributed by atoms with van der Waals surface area (Å²) in [7, 11) is 1.88. The van der Waals surface area contributed by atoms with Gasteiger partial charge in [-0.2, -0.15) is 0 Å². The Balaban J connectivity index is 1.46. The zero-order chi connectivity index (χ0) is 16.8. The van der Waals surface area contributed by atoms with E-state index in [1.165, 1.54) is 0 Å². The van der Waals surface area contributed by atoms with Crippen molar-refractivity contribution in [1.82, 2.24) is 19.9 Å². The van der Waals surface area contributed by atoms with Crippen LogP contribution in [0.4, 0.5) is 4.79 Å². The lowest BCUT2D eigenvalue weighted by molar-refractivity contribution is 0.177. The molecule has 8 heteroatoms. The summed E-state index contributed by atoms with van der Waals surface area (Å²) in [6.07, 6.45) is 3.77. The second-order valence-electron chi connectivity index (χ2n) is 7.09. The number of likely N-dealkylation sites (tertiary alicyclic amines) is 1. The molecule has 0 aromatic carbocycles. The van der Waals surface area contributed by atoms with Gasteiger partial charge in [-0.15, -0.1) is 0 Å². The molecule has 130 valence electrons. The standard InChI is InChI=1S/C16H24N6O2/c1-20-11-2-3-13(22(9-11)16(20)23)12-8-14(24-19-12)10-4-6-21(7-5-10)15(17)18/h8,10-11,13H,2-7,9H2,1H3,(H3,17,18)/t11-,13+/m1/s1. The number of hydrogen-bond acceptors (Lipinski definition) is 4. The van der Waals surface area contributed by atoms with E-state index in [0.29, 0.717) is 12.0 Å². The summed E-state index contributed by atoms with van der Waals surface area (Å²) in [5.74, 6) is 1.35. The zero-order valence-corrected chi connectivity index (χ0v) is 13.9. The SMILES string of the molecule is CN1C(=O)N2C[C@H]1CC[C@H]2c1cc(C2CCN(C(=N)N)CC2)on1. The number of fused-ring (bicyclic) bond motifs is 2. The number of nitrogens with zero attached hydrogens (tertiary/aromatic N) is 4. The molecular formula is C16H24N6O2. The highest BCUT2D eigenvalue weighted by Crippen LogP contribution is 2.38. The predicted octanol–water partition coefficient (Wildman–Crippen LogP) is 1.32. The minimum Gasteiger partial charge on any atom is -0.370 e. The average molecular weight is 332 g/mol. The Morgan fingerprint density at radius 3 is 2.79 bits per heavy atom. The van der Waals surface area contributed by atoms with E-state index in [4.69, 9.17) is 15.7 Å². The lowest BCUT2D eigenvalue weighted by atomic mass is 9.93. The molecule has 1 aromatic rings. The van der Waals surface area contributed by atoms with E-state index in [2.05, 4.69) is 5.16 Å². The highest BCUT2D eigenvalue weighted by molar-refractivity contribution is 5.78. The third kappa shape index (κ3) is 2.40. The number of piperidine rings is 2. The van der Waals surface area contributed by atoms with Gasteiger partial charge in [-0.1, -0.05) is 5.16 Å². The summed E-state index contributed by atoms with van der Waals surface area (Å²) in [4.78, 5) is 18.0. The molecule has 0 saturated carbocycles. The molecule has 24 heavy (non-hydrogen) atoms. The number of amides is 2. The number of nitrogens with one attached hydrogen (secondary N) is 1. The molecule has 2 bridgehead atoms. The zero-order valence-electron chi connectivity index (χ0n) is 13.9. The number of likely N-dealkylation sites (N-methyl/N-ethyl adjacent to an activating group) is 1. The van der Waals surface area contributed by atoms with E-state index < -0.39 is 0 Å². The van der Waals surface area contributed by atoms with Gasteiger partial charge in [0.2, 0.25) is 0 Å². The van der Waals surface area contributed by atoms with Crippen LogP contribution in [0.5, 0.6) is 0 Å². The topological polar surface area (TPSA) is 103 Å². The molecule has 4 heterocycles. The second kappa shape index (κ2) is 5.68. The van der Waals surface area contributed by atoms with Gasteiger partial charge < -0.3 is 25.0 Å². The first-order chi connectivity index (χ1) is 11.5. The fraction of sp³-hybridized carbons (Fsp3) is 0.688. The van der Waals surface area contributed by atoms with E-state index in [1.807, 2.05) is 27.8 Å². The minimum atomic E-state index is 0.0357. The smallest absolute Gasteiger partial charge is 0.320 e. The van der Waals surface area contributed by atoms with Gasteiger partial charge in [0.1, 0.15) is 11.5 Å². The van der Waals surface area contributed by atoms with Crippen LogP contribution in [0.2, 0.25) is 0 Å². The van der Waals surface area contributed by atoms with Crippen molar-refractivity contribution in [1.29, 1.82) is 5.41 Å². The monoisotopic (exact) mass is 332 g/mol. The number of rotatable bonds is 2. The van der Waals surface area contributed by atoms with Crippen LogP contribution in [0.15, 0.2) is 10.6 Å².